The van der Waals surface area contributed by atoms with Crippen molar-refractivity contribution in [1.29, 1.82) is 0 Å². The molecule has 1 amide bonds. The van der Waals surface area contributed by atoms with Crippen molar-refractivity contribution in [1.82, 2.24) is 4.90 Å². The minimum Gasteiger partial charge on any atom is -0.492 e. The summed E-state index contributed by atoms with van der Waals surface area (Å²) in [6.45, 7) is 10.4. The number of benzene rings is 1. The second-order valence-corrected chi connectivity index (χ2v) is 7.14. The third kappa shape index (κ3) is 6.29. The molecule has 1 N–H and O–H groups in total. The van der Waals surface area contributed by atoms with Crippen molar-refractivity contribution >= 4 is 11.6 Å². The van der Waals surface area contributed by atoms with Gasteiger partial charge in [-0.25, -0.2) is 0 Å². The van der Waals surface area contributed by atoms with Crippen LogP contribution in [0.25, 0.3) is 0 Å². The summed E-state index contributed by atoms with van der Waals surface area (Å²) >= 11 is 0. The van der Waals surface area contributed by atoms with E-state index in [1.165, 1.54) is 32.4 Å². The normalized spacial score (nSPS) is 17.5. The number of carbonyl (C=O) groups is 1. The van der Waals surface area contributed by atoms with Crippen molar-refractivity contribution < 1.29 is 14.3 Å². The van der Waals surface area contributed by atoms with E-state index in [1.54, 1.807) is 0 Å². The van der Waals surface area contributed by atoms with E-state index in [2.05, 4.69) is 17.1 Å². The van der Waals surface area contributed by atoms with E-state index in [-0.39, 0.29) is 5.91 Å². The van der Waals surface area contributed by atoms with E-state index >= 15 is 0 Å². The van der Waals surface area contributed by atoms with Gasteiger partial charge in [0.25, 0.3) is 5.91 Å². The maximum absolute atomic E-state index is 12.6. The molecule has 0 unspecified atom stereocenters. The number of hydrogen-bond donors (Lipinski definition) is 1. The Kier molecular flexibility index (Phi) is 8.39. The van der Waals surface area contributed by atoms with Crippen molar-refractivity contribution in [2.24, 2.45) is 0 Å². The number of rotatable bonds is 10. The fraction of sp³-hybridized carbons (Fsp3) is 0.667. The monoisotopic (exact) mass is 362 g/mol. The molecule has 0 aliphatic carbocycles. The lowest BCUT2D eigenvalue weighted by Crippen LogP contribution is -2.42. The number of piperidine rings is 1. The summed E-state index contributed by atoms with van der Waals surface area (Å²) in [4.78, 5) is 15.0. The topological polar surface area (TPSA) is 50.8 Å². The second-order valence-electron chi connectivity index (χ2n) is 7.14. The summed E-state index contributed by atoms with van der Waals surface area (Å²) in [6.07, 6.45) is 5.55. The van der Waals surface area contributed by atoms with Crippen LogP contribution in [0.5, 0.6) is 5.75 Å². The van der Waals surface area contributed by atoms with Crippen molar-refractivity contribution in [3.05, 3.63) is 24.3 Å². The highest BCUT2D eigenvalue weighted by molar-refractivity contribution is 5.97. The van der Waals surface area contributed by atoms with Crippen LogP contribution >= 0.6 is 0 Å². The Morgan fingerprint density at radius 1 is 1.15 bits per heavy atom. The van der Waals surface area contributed by atoms with Crippen LogP contribution in [0, 0.1) is 0 Å². The zero-order chi connectivity index (χ0) is 18.8. The number of ether oxygens (including phenoxy) is 2. The van der Waals surface area contributed by atoms with Crippen LogP contribution in [0.3, 0.4) is 0 Å². The number of nitrogens with zero attached hydrogens (tertiary/aromatic N) is 1. The number of carbonyl (C=O) groups excluding carboxylic acids is 1. The first-order valence-electron chi connectivity index (χ1n) is 9.98. The molecule has 5 nitrogen and oxygen atoms in total. The first-order chi connectivity index (χ1) is 12.6. The molecule has 0 radical (unpaired) electrons. The van der Waals surface area contributed by atoms with Gasteiger partial charge in [0, 0.05) is 18.8 Å². The largest absolute Gasteiger partial charge is 0.492 e. The van der Waals surface area contributed by atoms with Gasteiger partial charge in [0.15, 0.2) is 0 Å². The first-order valence-corrected chi connectivity index (χ1v) is 9.98. The molecule has 0 aromatic heterocycles. The van der Waals surface area contributed by atoms with Crippen LogP contribution in [0.2, 0.25) is 0 Å². The molecule has 1 aromatic rings. The quantitative estimate of drug-likeness (QED) is 0.681. The van der Waals surface area contributed by atoms with Crippen molar-refractivity contribution in [3.8, 4) is 5.75 Å². The lowest BCUT2D eigenvalue weighted by molar-refractivity contribution is -0.139. The lowest BCUT2D eigenvalue weighted by Gasteiger charge is -2.28. The van der Waals surface area contributed by atoms with Gasteiger partial charge in [0.1, 0.15) is 18.0 Å². The molecule has 0 bridgehead atoms. The van der Waals surface area contributed by atoms with Crippen LogP contribution < -0.4 is 10.1 Å². The highest BCUT2D eigenvalue weighted by atomic mass is 16.5. The number of hydrogen-bond acceptors (Lipinski definition) is 4. The summed E-state index contributed by atoms with van der Waals surface area (Å²) in [7, 11) is 0. The van der Waals surface area contributed by atoms with Crippen LogP contribution in [0.4, 0.5) is 5.69 Å². The summed E-state index contributed by atoms with van der Waals surface area (Å²) in [5, 5.41) is 2.96. The SMILES string of the molecule is CCC[C@@](C)(OCC)C(=O)Nc1ccc(OCCN2CCCCC2)cc1. The molecular weight excluding hydrogens is 328 g/mol. The lowest BCUT2D eigenvalue weighted by atomic mass is 9.99. The molecule has 1 heterocycles. The molecule has 2 rings (SSSR count). The Labute approximate surface area is 158 Å². The highest BCUT2D eigenvalue weighted by Crippen LogP contribution is 2.22. The fourth-order valence-corrected chi connectivity index (χ4v) is 3.42. The molecule has 0 spiro atoms. The zero-order valence-corrected chi connectivity index (χ0v) is 16.6. The van der Waals surface area contributed by atoms with Gasteiger partial charge in [-0.15, -0.1) is 0 Å². The predicted molar refractivity (Wildman–Crippen MR) is 106 cm³/mol. The van der Waals surface area contributed by atoms with Gasteiger partial charge in [0.05, 0.1) is 0 Å². The van der Waals surface area contributed by atoms with Gasteiger partial charge < -0.3 is 14.8 Å². The van der Waals surface area contributed by atoms with E-state index in [4.69, 9.17) is 9.47 Å². The third-order valence-electron chi connectivity index (χ3n) is 4.91. The van der Waals surface area contributed by atoms with Crippen LogP contribution in [-0.2, 0) is 9.53 Å². The predicted octanol–water partition coefficient (Wildman–Crippen LogP) is 4.09. The van der Waals surface area contributed by atoms with Gasteiger partial charge >= 0.3 is 0 Å². The second kappa shape index (κ2) is 10.5. The number of likely N-dealkylation sites (tertiary alicyclic amines) is 1. The highest BCUT2D eigenvalue weighted by Gasteiger charge is 2.32. The van der Waals surface area contributed by atoms with Gasteiger partial charge in [-0.05, 0) is 70.5 Å². The summed E-state index contributed by atoms with van der Waals surface area (Å²) in [5.74, 6) is 0.737. The molecular formula is C21H34N2O3. The van der Waals surface area contributed by atoms with Gasteiger partial charge in [-0.1, -0.05) is 19.8 Å². The van der Waals surface area contributed by atoms with Crippen LogP contribution in [0.1, 0.15) is 52.9 Å². The fourth-order valence-electron chi connectivity index (χ4n) is 3.42. The Balaban J connectivity index is 1.81. The average molecular weight is 363 g/mol. The van der Waals surface area contributed by atoms with Crippen molar-refractivity contribution in [2.75, 3.05) is 38.2 Å². The Hall–Kier alpha value is -1.59. The first kappa shape index (κ1) is 20.7. The van der Waals surface area contributed by atoms with Crippen LogP contribution in [0.15, 0.2) is 24.3 Å². The van der Waals surface area contributed by atoms with E-state index in [0.29, 0.717) is 19.6 Å². The van der Waals surface area contributed by atoms with Gasteiger partial charge in [0.2, 0.25) is 0 Å². The minimum atomic E-state index is -0.785. The molecule has 1 atom stereocenters. The van der Waals surface area contributed by atoms with E-state index in [1.807, 2.05) is 38.1 Å². The smallest absolute Gasteiger partial charge is 0.256 e. The third-order valence-corrected chi connectivity index (χ3v) is 4.91. The Morgan fingerprint density at radius 3 is 2.46 bits per heavy atom. The molecule has 1 aliphatic heterocycles. The number of nitrogens with one attached hydrogen (secondary N) is 1. The van der Waals surface area contributed by atoms with E-state index in [9.17, 15) is 4.79 Å². The molecule has 1 saturated heterocycles. The van der Waals surface area contributed by atoms with Gasteiger partial charge in [-0.3, -0.25) is 9.69 Å². The Bertz CT molecular complexity index is 533. The molecule has 146 valence electrons. The van der Waals surface area contributed by atoms with Crippen molar-refractivity contribution in [3.63, 3.8) is 0 Å². The van der Waals surface area contributed by atoms with E-state index < -0.39 is 5.60 Å². The summed E-state index contributed by atoms with van der Waals surface area (Å²) in [5.41, 5.74) is -0.0203. The number of amides is 1. The summed E-state index contributed by atoms with van der Waals surface area (Å²) in [6, 6.07) is 7.58. The summed E-state index contributed by atoms with van der Waals surface area (Å²) < 4.78 is 11.5. The maximum atomic E-state index is 12.6. The molecule has 1 fully saturated rings. The Morgan fingerprint density at radius 2 is 1.85 bits per heavy atom. The maximum Gasteiger partial charge on any atom is 0.256 e. The van der Waals surface area contributed by atoms with Crippen LogP contribution in [-0.4, -0.2) is 49.3 Å². The minimum absolute atomic E-state index is 0.0973. The molecule has 1 aliphatic rings. The average Bonchev–Trinajstić information content (AvgIpc) is 2.64. The number of anilines is 1. The van der Waals surface area contributed by atoms with Gasteiger partial charge in [-0.2, -0.15) is 0 Å². The molecule has 0 saturated carbocycles. The van der Waals surface area contributed by atoms with E-state index in [0.717, 1.165) is 24.4 Å². The molecule has 26 heavy (non-hydrogen) atoms. The zero-order valence-electron chi connectivity index (χ0n) is 16.6. The standard InChI is InChI=1S/C21H34N2O3/c1-4-13-21(3,26-5-2)20(24)22-18-9-11-19(12-10-18)25-17-16-23-14-7-6-8-15-23/h9-12H,4-8,13-17H2,1-3H3,(H,22,24)/t21-/m1/s1. The molecule has 1 aromatic carbocycles. The van der Waals surface area contributed by atoms with Crippen molar-refractivity contribution in [2.45, 2.75) is 58.5 Å². The molecule has 5 heteroatoms.